The van der Waals surface area contributed by atoms with Gasteiger partial charge in [-0.1, -0.05) is 18.2 Å². The fourth-order valence-electron chi connectivity index (χ4n) is 0.797. The van der Waals surface area contributed by atoms with Gasteiger partial charge in [0.2, 0.25) is 0 Å². The second-order valence-corrected chi connectivity index (χ2v) is 2.37. The molecule has 0 saturated heterocycles. The van der Waals surface area contributed by atoms with Crippen LogP contribution in [0.5, 0.6) is 0 Å². The first kappa shape index (κ1) is 11.6. The number of rotatable bonds is 2. The fraction of sp³-hybridized carbons (Fsp3) is 0.222. The molecule has 4 heteroatoms. The minimum absolute atomic E-state index is 0. The highest BCUT2D eigenvalue weighted by Crippen LogP contribution is 2.01. The highest BCUT2D eigenvalue weighted by molar-refractivity contribution is 5.89. The molecule has 0 amide bonds. The van der Waals surface area contributed by atoms with Crippen molar-refractivity contribution in [2.45, 2.75) is 13.2 Å². The Morgan fingerprint density at radius 2 is 1.92 bits per heavy atom. The standard InChI is InChI=1S/C9H10O3.H3N/c1-7(10)12-9(11)8-5-3-2-4-6-8;/h2-7,10H,1H3;1H3. The summed E-state index contributed by atoms with van der Waals surface area (Å²) in [4.78, 5) is 11.1. The van der Waals surface area contributed by atoms with Crippen molar-refractivity contribution >= 4 is 5.97 Å². The largest absolute Gasteiger partial charge is 0.433 e. The second-order valence-electron chi connectivity index (χ2n) is 2.37. The summed E-state index contributed by atoms with van der Waals surface area (Å²) >= 11 is 0. The van der Waals surface area contributed by atoms with Crippen LogP contribution in [0.4, 0.5) is 0 Å². The van der Waals surface area contributed by atoms with Gasteiger partial charge < -0.3 is 16.0 Å². The van der Waals surface area contributed by atoms with E-state index in [9.17, 15) is 4.79 Å². The van der Waals surface area contributed by atoms with Crippen LogP contribution in [0.2, 0.25) is 0 Å². The van der Waals surface area contributed by atoms with E-state index in [1.54, 1.807) is 30.3 Å². The van der Waals surface area contributed by atoms with Gasteiger partial charge in [-0.25, -0.2) is 4.79 Å². The van der Waals surface area contributed by atoms with Crippen molar-refractivity contribution in [3.8, 4) is 0 Å². The van der Waals surface area contributed by atoms with Crippen LogP contribution >= 0.6 is 0 Å². The Morgan fingerprint density at radius 1 is 1.38 bits per heavy atom. The van der Waals surface area contributed by atoms with Gasteiger partial charge in [-0.3, -0.25) is 0 Å². The topological polar surface area (TPSA) is 81.5 Å². The summed E-state index contributed by atoms with van der Waals surface area (Å²) in [5, 5.41) is 8.74. The van der Waals surface area contributed by atoms with Gasteiger partial charge in [-0.15, -0.1) is 0 Å². The molecule has 1 aromatic carbocycles. The van der Waals surface area contributed by atoms with Crippen molar-refractivity contribution < 1.29 is 14.6 Å². The molecule has 4 nitrogen and oxygen atoms in total. The molecule has 0 spiro atoms. The zero-order valence-electron chi connectivity index (χ0n) is 7.43. The number of carbonyl (C=O) groups is 1. The molecule has 0 saturated carbocycles. The monoisotopic (exact) mass is 183 g/mol. The summed E-state index contributed by atoms with van der Waals surface area (Å²) in [6, 6.07) is 8.53. The number of aliphatic hydroxyl groups excluding tert-OH is 1. The SMILES string of the molecule is CC(O)OC(=O)c1ccccc1.N. The number of aliphatic hydroxyl groups is 1. The first-order valence-electron chi connectivity index (χ1n) is 3.64. The van der Waals surface area contributed by atoms with E-state index < -0.39 is 12.3 Å². The predicted octanol–water partition coefficient (Wildman–Crippen LogP) is 1.34. The van der Waals surface area contributed by atoms with Crippen LogP contribution < -0.4 is 6.15 Å². The molecule has 13 heavy (non-hydrogen) atoms. The van der Waals surface area contributed by atoms with Crippen LogP contribution in [-0.2, 0) is 4.74 Å². The van der Waals surface area contributed by atoms with Gasteiger partial charge in [0.25, 0.3) is 0 Å². The molecule has 0 bridgehead atoms. The maximum Gasteiger partial charge on any atom is 0.340 e. The highest BCUT2D eigenvalue weighted by Gasteiger charge is 2.07. The fourth-order valence-corrected chi connectivity index (χ4v) is 0.797. The molecule has 1 atom stereocenters. The minimum Gasteiger partial charge on any atom is -0.433 e. The molecule has 0 heterocycles. The Bertz CT molecular complexity index is 259. The molecule has 0 aliphatic heterocycles. The molecule has 72 valence electrons. The van der Waals surface area contributed by atoms with Crippen LogP contribution in [-0.4, -0.2) is 17.4 Å². The summed E-state index contributed by atoms with van der Waals surface area (Å²) in [5.74, 6) is -0.509. The van der Waals surface area contributed by atoms with Crippen LogP contribution in [0, 0.1) is 0 Å². The van der Waals surface area contributed by atoms with E-state index in [0.29, 0.717) is 5.56 Å². The van der Waals surface area contributed by atoms with Gasteiger partial charge in [-0.2, -0.15) is 0 Å². The van der Waals surface area contributed by atoms with Crippen molar-refractivity contribution in [2.75, 3.05) is 0 Å². The molecule has 0 aromatic heterocycles. The predicted molar refractivity (Wildman–Crippen MR) is 48.6 cm³/mol. The molecular formula is C9H13NO3. The molecule has 0 fully saturated rings. The van der Waals surface area contributed by atoms with Crippen molar-refractivity contribution in [2.24, 2.45) is 0 Å². The van der Waals surface area contributed by atoms with Gasteiger partial charge in [-0.05, 0) is 19.1 Å². The number of esters is 1. The molecule has 4 N–H and O–H groups in total. The maximum absolute atomic E-state index is 11.1. The Balaban J connectivity index is 0.00000144. The lowest BCUT2D eigenvalue weighted by molar-refractivity contribution is -0.0523. The van der Waals surface area contributed by atoms with Crippen molar-refractivity contribution in [1.29, 1.82) is 0 Å². The summed E-state index contributed by atoms with van der Waals surface area (Å²) in [5.41, 5.74) is 0.443. The first-order valence-corrected chi connectivity index (χ1v) is 3.64. The Labute approximate surface area is 76.7 Å². The minimum atomic E-state index is -1.06. The number of carbonyl (C=O) groups excluding carboxylic acids is 1. The average molecular weight is 183 g/mol. The summed E-state index contributed by atoms with van der Waals surface area (Å²) in [6.07, 6.45) is -1.06. The Morgan fingerprint density at radius 3 is 2.38 bits per heavy atom. The molecule has 0 radical (unpaired) electrons. The lowest BCUT2D eigenvalue weighted by Gasteiger charge is -2.05. The van der Waals surface area contributed by atoms with Gasteiger partial charge in [0.1, 0.15) is 0 Å². The van der Waals surface area contributed by atoms with Crippen LogP contribution in [0.3, 0.4) is 0 Å². The summed E-state index contributed by atoms with van der Waals surface area (Å²) < 4.78 is 4.55. The maximum atomic E-state index is 11.1. The zero-order chi connectivity index (χ0) is 8.97. The van der Waals surface area contributed by atoms with Gasteiger partial charge in [0.15, 0.2) is 6.29 Å². The van der Waals surface area contributed by atoms with Gasteiger partial charge in [0, 0.05) is 0 Å². The molecule has 0 aliphatic carbocycles. The van der Waals surface area contributed by atoms with Crippen molar-refractivity contribution in [1.82, 2.24) is 6.15 Å². The third-order valence-corrected chi connectivity index (χ3v) is 1.29. The van der Waals surface area contributed by atoms with E-state index in [0.717, 1.165) is 0 Å². The van der Waals surface area contributed by atoms with Crippen molar-refractivity contribution in [3.05, 3.63) is 35.9 Å². The molecule has 1 unspecified atom stereocenters. The van der Waals surface area contributed by atoms with Gasteiger partial charge >= 0.3 is 5.97 Å². The Kier molecular flexibility index (Phi) is 4.72. The number of hydrogen-bond acceptors (Lipinski definition) is 4. The normalized spacial score (nSPS) is 11.2. The third kappa shape index (κ3) is 3.68. The number of ether oxygens (including phenoxy) is 1. The molecule has 0 aliphatic rings. The van der Waals surface area contributed by atoms with E-state index in [1.807, 2.05) is 0 Å². The van der Waals surface area contributed by atoms with E-state index >= 15 is 0 Å². The average Bonchev–Trinajstić information content (AvgIpc) is 2.05. The highest BCUT2D eigenvalue weighted by atomic mass is 16.6. The zero-order valence-corrected chi connectivity index (χ0v) is 7.43. The number of hydrogen-bond donors (Lipinski definition) is 2. The van der Waals surface area contributed by atoms with Crippen molar-refractivity contribution in [3.63, 3.8) is 0 Å². The second kappa shape index (κ2) is 5.29. The summed E-state index contributed by atoms with van der Waals surface area (Å²) in [6.45, 7) is 1.39. The first-order chi connectivity index (χ1) is 5.70. The summed E-state index contributed by atoms with van der Waals surface area (Å²) in [7, 11) is 0. The number of benzene rings is 1. The van der Waals surface area contributed by atoms with E-state index in [2.05, 4.69) is 4.74 Å². The quantitative estimate of drug-likeness (QED) is 0.535. The van der Waals surface area contributed by atoms with Crippen LogP contribution in [0.1, 0.15) is 17.3 Å². The third-order valence-electron chi connectivity index (χ3n) is 1.29. The Hall–Kier alpha value is -1.39. The molecule has 1 rings (SSSR count). The van der Waals surface area contributed by atoms with E-state index in [-0.39, 0.29) is 6.15 Å². The molecular weight excluding hydrogens is 170 g/mol. The van der Waals surface area contributed by atoms with E-state index in [1.165, 1.54) is 6.92 Å². The van der Waals surface area contributed by atoms with Crippen LogP contribution in [0.25, 0.3) is 0 Å². The van der Waals surface area contributed by atoms with Gasteiger partial charge in [0.05, 0.1) is 5.56 Å². The van der Waals surface area contributed by atoms with E-state index in [4.69, 9.17) is 5.11 Å². The molecule has 1 aromatic rings. The lowest BCUT2D eigenvalue weighted by atomic mass is 10.2. The smallest absolute Gasteiger partial charge is 0.340 e. The lowest BCUT2D eigenvalue weighted by Crippen LogP contribution is -2.13. The van der Waals surface area contributed by atoms with Crippen LogP contribution in [0.15, 0.2) is 30.3 Å².